The minimum absolute atomic E-state index is 0.113. The van der Waals surface area contributed by atoms with E-state index in [0.29, 0.717) is 0 Å². The van der Waals surface area contributed by atoms with Crippen molar-refractivity contribution >= 4 is 11.6 Å². The second-order valence-corrected chi connectivity index (χ2v) is 1.33. The van der Waals surface area contributed by atoms with Gasteiger partial charge in [-0.1, -0.05) is 0 Å². The third-order valence-corrected chi connectivity index (χ3v) is 0.639. The van der Waals surface area contributed by atoms with Gasteiger partial charge in [0.2, 0.25) is 11.6 Å². The topological polar surface area (TPSA) is 77.7 Å². The van der Waals surface area contributed by atoms with Crippen molar-refractivity contribution in [2.45, 2.75) is 6.92 Å². The van der Waals surface area contributed by atoms with Crippen molar-refractivity contribution in [2.75, 3.05) is 7.05 Å². The summed E-state index contributed by atoms with van der Waals surface area (Å²) < 4.78 is 0. The largest absolute Gasteiger partial charge is 0.311 e. The summed E-state index contributed by atoms with van der Waals surface area (Å²) in [6.07, 6.45) is 0. The van der Waals surface area contributed by atoms with E-state index in [0.717, 1.165) is 0 Å². The predicted molar refractivity (Wildman–Crippen MR) is 32.3 cm³/mol. The van der Waals surface area contributed by atoms with Crippen LogP contribution in [0.15, 0.2) is 10.2 Å². The average molecular weight is 128 g/mol. The Morgan fingerprint density at radius 1 is 1.67 bits per heavy atom. The van der Waals surface area contributed by atoms with Crippen LogP contribution in [-0.2, 0) is 4.79 Å². The highest BCUT2D eigenvalue weighted by atomic mass is 16.1. The van der Waals surface area contributed by atoms with Crippen molar-refractivity contribution < 1.29 is 4.79 Å². The summed E-state index contributed by atoms with van der Waals surface area (Å²) in [7, 11) is 1.54. The molecule has 0 atom stereocenters. The molecule has 0 aromatic heterocycles. The van der Waals surface area contributed by atoms with Gasteiger partial charge in [0, 0.05) is 14.0 Å². The van der Waals surface area contributed by atoms with Gasteiger partial charge in [0.05, 0.1) is 0 Å². The minimum Gasteiger partial charge on any atom is -0.311 e. The fraction of sp³-hybridized carbons (Fsp3) is 0.500. The second-order valence-electron chi connectivity index (χ2n) is 1.33. The van der Waals surface area contributed by atoms with E-state index in [-0.39, 0.29) is 11.6 Å². The van der Waals surface area contributed by atoms with E-state index in [9.17, 15) is 4.79 Å². The number of hydrazone groups is 1. The first-order valence-corrected chi connectivity index (χ1v) is 2.35. The summed E-state index contributed by atoms with van der Waals surface area (Å²) >= 11 is 0. The number of hydrogen-bond acceptors (Lipinski definition) is 4. The van der Waals surface area contributed by atoms with Crippen LogP contribution < -0.4 is 5.43 Å². The first-order chi connectivity index (χ1) is 4.22. The molecule has 0 saturated heterocycles. The number of amidine groups is 1. The van der Waals surface area contributed by atoms with Crippen LogP contribution in [0.3, 0.4) is 0 Å². The highest BCUT2D eigenvalue weighted by Gasteiger charge is 2.00. The number of rotatable bonds is 2. The van der Waals surface area contributed by atoms with Crippen molar-refractivity contribution in [1.82, 2.24) is 5.43 Å². The maximum Gasteiger partial charge on any atom is 0.235 e. The van der Waals surface area contributed by atoms with E-state index in [2.05, 4.69) is 15.6 Å². The molecule has 0 rings (SSSR count). The zero-order valence-corrected chi connectivity index (χ0v) is 5.30. The van der Waals surface area contributed by atoms with Gasteiger partial charge in [-0.3, -0.25) is 4.79 Å². The highest BCUT2D eigenvalue weighted by molar-refractivity contribution is 6.38. The molecule has 5 heteroatoms. The van der Waals surface area contributed by atoms with Crippen LogP contribution in [0.4, 0.5) is 0 Å². The maximum absolute atomic E-state index is 10.4. The first kappa shape index (κ1) is 7.74. The van der Waals surface area contributed by atoms with E-state index in [1.807, 2.05) is 0 Å². The lowest BCUT2D eigenvalue weighted by Gasteiger charge is -1.89. The van der Waals surface area contributed by atoms with Crippen LogP contribution in [-0.4, -0.2) is 18.7 Å². The van der Waals surface area contributed by atoms with Crippen LogP contribution in [0.25, 0.3) is 0 Å². The molecule has 0 unspecified atom stereocenters. The molecule has 0 fully saturated rings. The number of ketones is 1. The molecule has 0 amide bonds. The number of carbonyl (C=O) groups is 1. The summed E-state index contributed by atoms with van der Waals surface area (Å²) in [6.45, 7) is 1.30. The van der Waals surface area contributed by atoms with Crippen LogP contribution in [0, 0.1) is 5.53 Å². The molecule has 0 saturated carbocycles. The van der Waals surface area contributed by atoms with Crippen molar-refractivity contribution in [3.8, 4) is 0 Å². The maximum atomic E-state index is 10.4. The molecular formula is C4H8N4O. The van der Waals surface area contributed by atoms with Gasteiger partial charge in [-0.15, -0.1) is 5.11 Å². The van der Waals surface area contributed by atoms with Crippen LogP contribution >= 0.6 is 0 Å². The summed E-state index contributed by atoms with van der Waals surface area (Å²) in [5.41, 5.74) is 8.78. The molecule has 0 heterocycles. The Morgan fingerprint density at radius 2 is 2.22 bits per heavy atom. The van der Waals surface area contributed by atoms with E-state index < -0.39 is 0 Å². The van der Waals surface area contributed by atoms with Gasteiger partial charge in [0.1, 0.15) is 0 Å². The Balaban J connectivity index is 4.14. The van der Waals surface area contributed by atoms with Gasteiger partial charge in [-0.05, 0) is 0 Å². The number of nitrogens with zero attached hydrogens (tertiary/aromatic N) is 2. The molecule has 5 nitrogen and oxygen atoms in total. The molecule has 9 heavy (non-hydrogen) atoms. The summed E-state index contributed by atoms with van der Waals surface area (Å²) in [6, 6.07) is 0. The third kappa shape index (κ3) is 2.53. The molecule has 0 radical (unpaired) electrons. The standard InChI is InChI=1S/C4H8N4O/c1-3(9)4(7-5)8-6-2/h5-6H,1-2H3/b7-5?,8-4-. The van der Waals surface area contributed by atoms with Gasteiger partial charge in [-0.2, -0.15) is 5.10 Å². The zero-order valence-electron chi connectivity index (χ0n) is 5.30. The fourth-order valence-corrected chi connectivity index (χ4v) is 0.288. The second kappa shape index (κ2) is 3.71. The van der Waals surface area contributed by atoms with Gasteiger partial charge in [0.15, 0.2) is 0 Å². The van der Waals surface area contributed by atoms with E-state index in [1.54, 1.807) is 0 Å². The lowest BCUT2D eigenvalue weighted by molar-refractivity contribution is -0.111. The monoisotopic (exact) mass is 128 g/mol. The molecular weight excluding hydrogens is 120 g/mol. The smallest absolute Gasteiger partial charge is 0.235 e. The van der Waals surface area contributed by atoms with Crippen LogP contribution in [0.2, 0.25) is 0 Å². The van der Waals surface area contributed by atoms with Gasteiger partial charge in [-0.25, -0.2) is 5.53 Å². The Labute approximate surface area is 52.6 Å². The van der Waals surface area contributed by atoms with Gasteiger partial charge >= 0.3 is 0 Å². The predicted octanol–water partition coefficient (Wildman–Crippen LogP) is 0.139. The molecule has 50 valence electrons. The summed E-state index contributed by atoms with van der Waals surface area (Å²) in [4.78, 5) is 10.4. The normalized spacial score (nSPS) is 10.7. The van der Waals surface area contributed by atoms with Crippen LogP contribution in [0.1, 0.15) is 6.92 Å². The number of Topliss-reactive ketones (excluding diaryl/α,β-unsaturated/α-hetero) is 1. The summed E-state index contributed by atoms with van der Waals surface area (Å²) in [5, 5.41) is 6.27. The lowest BCUT2D eigenvalue weighted by Crippen LogP contribution is -2.10. The number of carbonyl (C=O) groups excluding carboxylic acids is 1. The van der Waals surface area contributed by atoms with Crippen molar-refractivity contribution in [2.24, 2.45) is 10.2 Å². The fourth-order valence-electron chi connectivity index (χ4n) is 0.288. The van der Waals surface area contributed by atoms with E-state index in [1.165, 1.54) is 14.0 Å². The lowest BCUT2D eigenvalue weighted by atomic mass is 10.4. The Morgan fingerprint density at radius 3 is 2.33 bits per heavy atom. The summed E-state index contributed by atoms with van der Waals surface area (Å²) in [5.74, 6) is -0.433. The van der Waals surface area contributed by atoms with Gasteiger partial charge < -0.3 is 5.43 Å². The van der Waals surface area contributed by atoms with Gasteiger partial charge in [0.25, 0.3) is 0 Å². The molecule has 0 aliphatic carbocycles. The SMILES string of the molecule is CN/N=C(\N=N)C(C)=O. The molecule has 0 spiro atoms. The highest BCUT2D eigenvalue weighted by Crippen LogP contribution is 1.79. The molecule has 0 bridgehead atoms. The molecule has 0 aliphatic rings. The minimum atomic E-state index is -0.320. The first-order valence-electron chi connectivity index (χ1n) is 2.35. The number of hydrogen-bond donors (Lipinski definition) is 2. The molecule has 2 N–H and O–H groups in total. The Kier molecular flexibility index (Phi) is 3.19. The Hall–Kier alpha value is -1.26. The molecule has 0 aromatic rings. The van der Waals surface area contributed by atoms with Crippen LogP contribution in [0.5, 0.6) is 0 Å². The molecule has 0 aromatic carbocycles. The van der Waals surface area contributed by atoms with Crippen molar-refractivity contribution in [3.63, 3.8) is 0 Å². The average Bonchev–Trinajstić information content (AvgIpc) is 1.82. The van der Waals surface area contributed by atoms with E-state index >= 15 is 0 Å². The van der Waals surface area contributed by atoms with Crippen molar-refractivity contribution in [1.29, 1.82) is 5.53 Å². The van der Waals surface area contributed by atoms with Crippen molar-refractivity contribution in [3.05, 3.63) is 0 Å². The third-order valence-electron chi connectivity index (χ3n) is 0.639. The number of nitrogens with one attached hydrogen (secondary N) is 2. The zero-order chi connectivity index (χ0) is 7.28. The Bertz CT molecular complexity index is 151. The van der Waals surface area contributed by atoms with E-state index in [4.69, 9.17) is 5.53 Å². The quantitative estimate of drug-likeness (QED) is 0.240. The molecule has 0 aliphatic heterocycles.